The van der Waals surface area contributed by atoms with Crippen LogP contribution in [0.3, 0.4) is 0 Å². The number of carbonyl (C=O) groups excluding carboxylic acids is 2. The summed E-state index contributed by atoms with van der Waals surface area (Å²) in [6.07, 6.45) is 4.30. The summed E-state index contributed by atoms with van der Waals surface area (Å²) >= 11 is 0. The van der Waals surface area contributed by atoms with Crippen molar-refractivity contribution in [3.63, 3.8) is 0 Å². The fourth-order valence-corrected chi connectivity index (χ4v) is 5.44. The predicted octanol–water partition coefficient (Wildman–Crippen LogP) is 5.02. The first-order valence-corrected chi connectivity index (χ1v) is 13.6. The summed E-state index contributed by atoms with van der Waals surface area (Å²) in [6, 6.07) is 30.1. The van der Waals surface area contributed by atoms with Gasteiger partial charge in [0.15, 0.2) is 0 Å². The topological polar surface area (TPSA) is 101 Å². The van der Waals surface area contributed by atoms with Crippen LogP contribution in [0.2, 0.25) is 0 Å². The number of hydrogen-bond acceptors (Lipinski definition) is 5. The Kier molecular flexibility index (Phi) is 7.28. The number of benzene rings is 3. The zero-order chi connectivity index (χ0) is 28.2. The molecule has 0 radical (unpaired) electrons. The molecule has 1 aliphatic rings. The van der Waals surface area contributed by atoms with Gasteiger partial charge in [-0.1, -0.05) is 72.8 Å². The zero-order valence-electron chi connectivity index (χ0n) is 22.6. The van der Waals surface area contributed by atoms with Crippen molar-refractivity contribution < 1.29 is 9.59 Å². The van der Waals surface area contributed by atoms with Crippen LogP contribution < -0.4 is 16.0 Å². The molecule has 3 aromatic carbocycles. The molecule has 5 aromatic rings. The fourth-order valence-electron chi connectivity index (χ4n) is 5.44. The Hall–Kier alpha value is -5.24. The summed E-state index contributed by atoms with van der Waals surface area (Å²) in [7, 11) is 1.70. The Morgan fingerprint density at radius 3 is 2.17 bits per heavy atom. The van der Waals surface area contributed by atoms with E-state index in [0.29, 0.717) is 11.4 Å². The van der Waals surface area contributed by atoms with E-state index in [1.54, 1.807) is 19.3 Å². The van der Waals surface area contributed by atoms with Gasteiger partial charge in [-0.05, 0) is 52.9 Å². The van der Waals surface area contributed by atoms with Gasteiger partial charge in [0, 0.05) is 43.2 Å². The normalized spacial score (nSPS) is 12.8. The minimum Gasteiger partial charge on any atom is -0.369 e. The van der Waals surface area contributed by atoms with Gasteiger partial charge in [-0.2, -0.15) is 5.10 Å². The van der Waals surface area contributed by atoms with Gasteiger partial charge < -0.3 is 16.0 Å². The van der Waals surface area contributed by atoms with Crippen molar-refractivity contribution in [2.24, 2.45) is 7.05 Å². The number of anilines is 2. The molecule has 3 N–H and O–H groups in total. The van der Waals surface area contributed by atoms with E-state index >= 15 is 0 Å². The Balaban J connectivity index is 1.32. The number of nitrogens with one attached hydrogen (secondary N) is 3. The van der Waals surface area contributed by atoms with Crippen LogP contribution in [0.1, 0.15) is 33.1 Å². The number of pyridine rings is 1. The largest absolute Gasteiger partial charge is 0.369 e. The molecule has 0 saturated carbocycles. The maximum absolute atomic E-state index is 14.0. The second-order valence-electron chi connectivity index (χ2n) is 10.0. The minimum absolute atomic E-state index is 0.319. The van der Waals surface area contributed by atoms with E-state index in [1.165, 1.54) is 10.2 Å². The third-order valence-corrected chi connectivity index (χ3v) is 7.46. The summed E-state index contributed by atoms with van der Waals surface area (Å²) in [6.45, 7) is 0.878. The van der Waals surface area contributed by atoms with E-state index in [-0.39, 0.29) is 11.8 Å². The number of aryl methyl sites for hydroxylation is 1. The Labute approximate surface area is 238 Å². The zero-order valence-corrected chi connectivity index (χ0v) is 22.6. The molecule has 2 amide bonds. The second kappa shape index (κ2) is 11.5. The molecule has 1 aliphatic heterocycles. The van der Waals surface area contributed by atoms with Crippen LogP contribution in [0.4, 0.5) is 11.5 Å². The SMILES string of the molecule is Cn1nccc1C(=O)NC(C(=O)Nc1ccc(-c2ccnc3c2CCN3)cc1)C(c1ccccc1)c1ccccc1. The molecule has 8 heteroatoms. The standard InChI is InChI=1S/C33H30N6O2/c1-39-28(18-21-36-39)32(40)38-30(29(23-8-4-2-5-9-23)24-10-6-3-7-11-24)33(41)37-25-14-12-22(13-15-25)26-16-19-34-31-27(26)17-20-35-31/h2-16,18-19,21,29-30H,17,20H2,1H3,(H,34,35)(H,37,41)(H,38,40). The van der Waals surface area contributed by atoms with Gasteiger partial charge in [0.2, 0.25) is 5.91 Å². The molecule has 0 spiro atoms. The van der Waals surface area contributed by atoms with E-state index in [2.05, 4.69) is 26.0 Å². The summed E-state index contributed by atoms with van der Waals surface area (Å²) < 4.78 is 1.49. The predicted molar refractivity (Wildman–Crippen MR) is 160 cm³/mol. The van der Waals surface area contributed by atoms with Crippen LogP contribution in [-0.4, -0.2) is 39.2 Å². The summed E-state index contributed by atoms with van der Waals surface area (Å²) in [5.74, 6) is -0.196. The molecular formula is C33H30N6O2. The summed E-state index contributed by atoms with van der Waals surface area (Å²) in [5, 5.41) is 13.5. The molecule has 0 aliphatic carbocycles. The molecule has 0 saturated heterocycles. The maximum atomic E-state index is 14.0. The third-order valence-electron chi connectivity index (χ3n) is 7.46. The quantitative estimate of drug-likeness (QED) is 0.256. The number of amides is 2. The lowest BCUT2D eigenvalue weighted by Gasteiger charge is -2.28. The minimum atomic E-state index is -0.906. The van der Waals surface area contributed by atoms with Crippen molar-refractivity contribution in [3.8, 4) is 11.1 Å². The van der Waals surface area contributed by atoms with Crippen LogP contribution in [0.15, 0.2) is 109 Å². The van der Waals surface area contributed by atoms with Crippen LogP contribution in [0.5, 0.6) is 0 Å². The van der Waals surface area contributed by atoms with Gasteiger partial charge in [-0.25, -0.2) is 4.98 Å². The fraction of sp³-hybridized carbons (Fsp3) is 0.152. The van der Waals surface area contributed by atoms with Crippen molar-refractivity contribution in [1.82, 2.24) is 20.1 Å². The van der Waals surface area contributed by atoms with Crippen molar-refractivity contribution in [2.75, 3.05) is 17.2 Å². The number of hydrogen-bond donors (Lipinski definition) is 3. The first-order valence-electron chi connectivity index (χ1n) is 13.6. The first-order chi connectivity index (χ1) is 20.1. The second-order valence-corrected chi connectivity index (χ2v) is 10.0. The van der Waals surface area contributed by atoms with Crippen LogP contribution in [0, 0.1) is 0 Å². The molecule has 8 nitrogen and oxygen atoms in total. The number of fused-ring (bicyclic) bond motifs is 1. The summed E-state index contributed by atoms with van der Waals surface area (Å²) in [4.78, 5) is 31.9. The number of carbonyl (C=O) groups is 2. The van der Waals surface area contributed by atoms with Crippen molar-refractivity contribution >= 4 is 23.3 Å². The van der Waals surface area contributed by atoms with E-state index < -0.39 is 12.0 Å². The molecule has 204 valence electrons. The monoisotopic (exact) mass is 542 g/mol. The average Bonchev–Trinajstić information content (AvgIpc) is 3.67. The molecule has 3 heterocycles. The summed E-state index contributed by atoms with van der Waals surface area (Å²) in [5.41, 5.74) is 6.23. The van der Waals surface area contributed by atoms with Crippen LogP contribution in [-0.2, 0) is 18.3 Å². The highest BCUT2D eigenvalue weighted by Crippen LogP contribution is 2.32. The average molecular weight is 543 g/mol. The Bertz CT molecular complexity index is 1630. The van der Waals surface area contributed by atoms with E-state index in [4.69, 9.17) is 0 Å². The molecule has 0 fully saturated rings. The number of rotatable bonds is 8. The van der Waals surface area contributed by atoms with Gasteiger partial charge in [0.1, 0.15) is 17.6 Å². The highest BCUT2D eigenvalue weighted by Gasteiger charge is 2.33. The number of aromatic nitrogens is 3. The van der Waals surface area contributed by atoms with E-state index in [9.17, 15) is 9.59 Å². The lowest BCUT2D eigenvalue weighted by atomic mass is 9.84. The van der Waals surface area contributed by atoms with Crippen molar-refractivity contribution in [2.45, 2.75) is 18.4 Å². The maximum Gasteiger partial charge on any atom is 0.270 e. The van der Waals surface area contributed by atoms with Gasteiger partial charge in [-0.15, -0.1) is 0 Å². The lowest BCUT2D eigenvalue weighted by Crippen LogP contribution is -2.48. The van der Waals surface area contributed by atoms with Crippen molar-refractivity contribution in [1.29, 1.82) is 0 Å². The van der Waals surface area contributed by atoms with Gasteiger partial charge in [-0.3, -0.25) is 14.3 Å². The van der Waals surface area contributed by atoms with E-state index in [1.807, 2.05) is 97.2 Å². The Morgan fingerprint density at radius 2 is 1.54 bits per heavy atom. The van der Waals surface area contributed by atoms with Crippen molar-refractivity contribution in [3.05, 3.63) is 132 Å². The molecule has 6 rings (SSSR count). The molecule has 41 heavy (non-hydrogen) atoms. The molecular weight excluding hydrogens is 512 g/mol. The van der Waals surface area contributed by atoms with Gasteiger partial charge in [0.05, 0.1) is 0 Å². The number of nitrogens with zero attached hydrogens (tertiary/aromatic N) is 3. The van der Waals surface area contributed by atoms with Gasteiger partial charge >= 0.3 is 0 Å². The third kappa shape index (κ3) is 5.45. The van der Waals surface area contributed by atoms with Gasteiger partial charge in [0.25, 0.3) is 5.91 Å². The molecule has 0 bridgehead atoms. The first kappa shape index (κ1) is 26.0. The molecule has 1 atom stereocenters. The molecule has 2 aromatic heterocycles. The smallest absolute Gasteiger partial charge is 0.270 e. The highest BCUT2D eigenvalue weighted by atomic mass is 16.2. The highest BCUT2D eigenvalue weighted by molar-refractivity contribution is 6.01. The van der Waals surface area contributed by atoms with E-state index in [0.717, 1.165) is 41.0 Å². The lowest BCUT2D eigenvalue weighted by molar-refractivity contribution is -0.118. The van der Waals surface area contributed by atoms with Crippen LogP contribution >= 0.6 is 0 Å². The van der Waals surface area contributed by atoms with Crippen LogP contribution in [0.25, 0.3) is 11.1 Å². The Morgan fingerprint density at radius 1 is 0.854 bits per heavy atom. The molecule has 1 unspecified atom stereocenters.